The van der Waals surface area contributed by atoms with Crippen molar-refractivity contribution in [2.75, 3.05) is 19.1 Å². The number of likely N-dealkylation sites (N-methyl/N-ethyl adjacent to an activating group) is 1. The van der Waals surface area contributed by atoms with Crippen LogP contribution in [0.1, 0.15) is 0 Å². The van der Waals surface area contributed by atoms with Crippen molar-refractivity contribution in [3.63, 3.8) is 0 Å². The zero-order valence-electron chi connectivity index (χ0n) is 19.0. The molecule has 0 atom stereocenters. The summed E-state index contributed by atoms with van der Waals surface area (Å²) in [5.41, 5.74) is 4.32. The topological polar surface area (TPSA) is 127 Å². The number of carbonyl (C=O) groups is 1. The lowest BCUT2D eigenvalue weighted by Crippen LogP contribution is -2.23. The molecule has 0 radical (unpaired) electrons. The molecule has 0 aliphatic heterocycles. The number of benzene rings is 1. The number of anilines is 1. The Hall–Kier alpha value is -3.82. The van der Waals surface area contributed by atoms with Crippen LogP contribution in [0.5, 0.6) is 5.88 Å². The molecular weight excluding hydrogens is 471 g/mol. The third-order valence-electron chi connectivity index (χ3n) is 5.41. The Balaban J connectivity index is 1.84. The number of phosphoric acid groups is 1. The molecule has 0 aliphatic carbocycles. The average molecular weight is 494 g/mol. The van der Waals surface area contributed by atoms with Gasteiger partial charge in [0.05, 0.1) is 7.11 Å². The minimum Gasteiger partial charge on any atom is -0.481 e. The molecule has 0 unspecified atom stereocenters. The highest BCUT2D eigenvalue weighted by molar-refractivity contribution is 7.46. The SMILES string of the molecule is C=CC(=O)N(C)c1cccc(-c2cnc3c(c2)c(-c2ccnc(OC)c2)cn3COP(=O)(O)O)c1. The quantitative estimate of drug-likeness (QED) is 0.278. The molecule has 3 heterocycles. The van der Waals surface area contributed by atoms with Crippen molar-refractivity contribution in [3.8, 4) is 28.1 Å². The molecule has 0 saturated heterocycles. The summed E-state index contributed by atoms with van der Waals surface area (Å²) in [4.78, 5) is 40.5. The maximum absolute atomic E-state index is 12.0. The zero-order chi connectivity index (χ0) is 25.2. The van der Waals surface area contributed by atoms with Gasteiger partial charge in [-0.3, -0.25) is 9.32 Å². The van der Waals surface area contributed by atoms with E-state index in [1.807, 2.05) is 30.3 Å². The van der Waals surface area contributed by atoms with E-state index < -0.39 is 7.82 Å². The molecule has 4 rings (SSSR count). The molecule has 180 valence electrons. The molecule has 1 amide bonds. The van der Waals surface area contributed by atoms with E-state index >= 15 is 0 Å². The fraction of sp³-hybridized carbons (Fsp3) is 0.125. The smallest absolute Gasteiger partial charge is 0.471 e. The zero-order valence-corrected chi connectivity index (χ0v) is 19.9. The summed E-state index contributed by atoms with van der Waals surface area (Å²) in [5.74, 6) is 0.188. The van der Waals surface area contributed by atoms with Crippen molar-refractivity contribution in [1.29, 1.82) is 0 Å². The van der Waals surface area contributed by atoms with Gasteiger partial charge in [0.1, 0.15) is 12.4 Å². The molecule has 1 aromatic carbocycles. The maximum atomic E-state index is 12.0. The second kappa shape index (κ2) is 9.81. The summed E-state index contributed by atoms with van der Waals surface area (Å²) >= 11 is 0. The first kappa shape index (κ1) is 24.3. The minimum absolute atomic E-state index is 0.230. The highest BCUT2D eigenvalue weighted by atomic mass is 31.2. The van der Waals surface area contributed by atoms with E-state index in [0.717, 1.165) is 27.6 Å². The van der Waals surface area contributed by atoms with Gasteiger partial charge in [-0.1, -0.05) is 18.7 Å². The molecule has 11 heteroatoms. The summed E-state index contributed by atoms with van der Waals surface area (Å²) in [6.07, 6.45) is 6.22. The van der Waals surface area contributed by atoms with Crippen molar-refractivity contribution in [2.24, 2.45) is 0 Å². The predicted molar refractivity (Wildman–Crippen MR) is 132 cm³/mol. The van der Waals surface area contributed by atoms with E-state index in [2.05, 4.69) is 16.5 Å². The van der Waals surface area contributed by atoms with Gasteiger partial charge in [-0.05, 0) is 41.5 Å². The molecule has 35 heavy (non-hydrogen) atoms. The Morgan fingerprint density at radius 1 is 1.17 bits per heavy atom. The van der Waals surface area contributed by atoms with Crippen LogP contribution in [-0.2, 0) is 20.6 Å². The Kier molecular flexibility index (Phi) is 6.81. The van der Waals surface area contributed by atoms with E-state index in [1.165, 1.54) is 22.7 Å². The van der Waals surface area contributed by atoms with Gasteiger partial charge in [-0.25, -0.2) is 14.5 Å². The number of carbonyl (C=O) groups excluding carboxylic acids is 1. The lowest BCUT2D eigenvalue weighted by molar-refractivity contribution is -0.113. The average Bonchev–Trinajstić information content (AvgIpc) is 3.24. The lowest BCUT2D eigenvalue weighted by atomic mass is 10.0. The van der Waals surface area contributed by atoms with Gasteiger partial charge in [0.2, 0.25) is 11.8 Å². The number of amides is 1. The Bertz CT molecular complexity index is 1460. The van der Waals surface area contributed by atoms with Crippen LogP contribution in [0.25, 0.3) is 33.3 Å². The van der Waals surface area contributed by atoms with Crippen LogP contribution >= 0.6 is 7.82 Å². The van der Waals surface area contributed by atoms with E-state index in [0.29, 0.717) is 17.2 Å². The summed E-state index contributed by atoms with van der Waals surface area (Å²) in [6, 6.07) is 12.9. The van der Waals surface area contributed by atoms with Crippen molar-refractivity contribution in [1.82, 2.24) is 14.5 Å². The Morgan fingerprint density at radius 2 is 1.97 bits per heavy atom. The maximum Gasteiger partial charge on any atom is 0.471 e. The van der Waals surface area contributed by atoms with Crippen molar-refractivity contribution >= 4 is 30.5 Å². The van der Waals surface area contributed by atoms with E-state index in [4.69, 9.17) is 19.0 Å². The minimum atomic E-state index is -4.69. The first-order valence-corrected chi connectivity index (χ1v) is 11.9. The van der Waals surface area contributed by atoms with Gasteiger partial charge < -0.3 is 24.0 Å². The van der Waals surface area contributed by atoms with E-state index in [9.17, 15) is 9.36 Å². The molecule has 3 aromatic heterocycles. The lowest BCUT2D eigenvalue weighted by Gasteiger charge is -2.16. The van der Waals surface area contributed by atoms with Gasteiger partial charge >= 0.3 is 7.82 Å². The Labute approximate surface area is 201 Å². The molecule has 0 saturated carbocycles. The van der Waals surface area contributed by atoms with Gasteiger partial charge in [0.25, 0.3) is 0 Å². The second-order valence-electron chi connectivity index (χ2n) is 7.60. The monoisotopic (exact) mass is 494 g/mol. The van der Waals surface area contributed by atoms with Gasteiger partial charge in [-0.2, -0.15) is 0 Å². The number of hydrogen-bond donors (Lipinski definition) is 2. The van der Waals surface area contributed by atoms with Crippen LogP contribution in [0.2, 0.25) is 0 Å². The van der Waals surface area contributed by atoms with Crippen LogP contribution in [0.15, 0.2) is 73.7 Å². The fourth-order valence-corrected chi connectivity index (χ4v) is 3.92. The third-order valence-corrected chi connectivity index (χ3v) is 5.86. The summed E-state index contributed by atoms with van der Waals surface area (Å²) in [5, 5.41) is 0.728. The largest absolute Gasteiger partial charge is 0.481 e. The normalized spacial score (nSPS) is 11.4. The number of rotatable bonds is 8. The molecule has 10 nitrogen and oxygen atoms in total. The number of pyridine rings is 2. The van der Waals surface area contributed by atoms with Crippen LogP contribution < -0.4 is 9.64 Å². The number of methoxy groups -OCH3 is 1. The molecule has 4 aromatic rings. The number of nitrogens with zero attached hydrogens (tertiary/aromatic N) is 4. The summed E-state index contributed by atoms with van der Waals surface area (Å²) in [6.45, 7) is 3.14. The third kappa shape index (κ3) is 5.31. The van der Waals surface area contributed by atoms with E-state index in [1.54, 1.807) is 37.8 Å². The van der Waals surface area contributed by atoms with Crippen LogP contribution in [0, 0.1) is 0 Å². The number of hydrogen-bond acceptors (Lipinski definition) is 6. The highest BCUT2D eigenvalue weighted by Gasteiger charge is 2.18. The molecule has 2 N–H and O–H groups in total. The molecule has 0 spiro atoms. The van der Waals surface area contributed by atoms with Gasteiger partial charge in [-0.15, -0.1) is 0 Å². The van der Waals surface area contributed by atoms with Crippen molar-refractivity contribution < 1.29 is 28.4 Å². The van der Waals surface area contributed by atoms with Gasteiger partial charge in [0.15, 0.2) is 0 Å². The van der Waals surface area contributed by atoms with Crippen molar-refractivity contribution in [2.45, 2.75) is 6.73 Å². The standard InChI is InChI=1S/C24H23N4O6P/c1-4-23(29)27(2)19-7-5-6-16(10-19)18-11-20-21(17-8-9-25-22(12-17)33-3)14-28(24(20)26-13-18)15-34-35(30,31)32/h4-14H,1,15H2,2-3H3,(H2,30,31,32). The molecule has 0 aliphatic rings. The predicted octanol–water partition coefficient (Wildman–Crippen LogP) is 3.99. The number of fused-ring (bicyclic) bond motifs is 1. The molecule has 0 bridgehead atoms. The number of aromatic nitrogens is 3. The number of phosphoric ester groups is 1. The highest BCUT2D eigenvalue weighted by Crippen LogP contribution is 2.38. The fourth-order valence-electron chi connectivity index (χ4n) is 3.64. The van der Waals surface area contributed by atoms with E-state index in [-0.39, 0.29) is 12.6 Å². The number of ether oxygens (including phenoxy) is 1. The van der Waals surface area contributed by atoms with Crippen LogP contribution in [0.3, 0.4) is 0 Å². The second-order valence-corrected chi connectivity index (χ2v) is 8.83. The summed E-state index contributed by atoms with van der Waals surface area (Å²) < 4.78 is 22.8. The van der Waals surface area contributed by atoms with Crippen LogP contribution in [-0.4, -0.2) is 44.4 Å². The molecule has 0 fully saturated rings. The van der Waals surface area contributed by atoms with Gasteiger partial charge in [0, 0.05) is 53.9 Å². The van der Waals surface area contributed by atoms with Crippen molar-refractivity contribution in [3.05, 3.63) is 73.7 Å². The Morgan fingerprint density at radius 3 is 2.69 bits per heavy atom. The summed E-state index contributed by atoms with van der Waals surface area (Å²) in [7, 11) is -1.50. The first-order valence-electron chi connectivity index (χ1n) is 10.4. The first-order chi connectivity index (χ1) is 16.7. The molecular formula is C24H23N4O6P. The van der Waals surface area contributed by atoms with Crippen LogP contribution in [0.4, 0.5) is 5.69 Å².